The van der Waals surface area contributed by atoms with Crippen LogP contribution in [0.15, 0.2) is 102 Å². The fourth-order valence-corrected chi connectivity index (χ4v) is 5.38. The number of allylic oxidation sites excluding steroid dienone is 2. The van der Waals surface area contributed by atoms with Crippen LogP contribution in [0.4, 0.5) is 0 Å². The molecule has 2 aliphatic rings. The highest BCUT2D eigenvalue weighted by Crippen LogP contribution is 2.48. The van der Waals surface area contributed by atoms with Crippen molar-refractivity contribution in [2.24, 2.45) is 5.41 Å². The zero-order chi connectivity index (χ0) is 25.3. The molecule has 4 heteroatoms. The maximum Gasteiger partial charge on any atom is 0.337 e. The van der Waals surface area contributed by atoms with Crippen LogP contribution in [0.3, 0.4) is 0 Å². The molecule has 36 heavy (non-hydrogen) atoms. The van der Waals surface area contributed by atoms with E-state index in [1.54, 1.807) is 6.92 Å². The summed E-state index contributed by atoms with van der Waals surface area (Å²) in [6, 6.07) is 28.2. The molecular formula is C32H31NO3. The highest BCUT2D eigenvalue weighted by atomic mass is 16.5. The van der Waals surface area contributed by atoms with Crippen molar-refractivity contribution in [3.8, 4) is 11.1 Å². The highest BCUT2D eigenvalue weighted by molar-refractivity contribution is 6.08. The molecule has 3 aromatic rings. The molecular weight excluding hydrogens is 446 g/mol. The molecule has 4 nitrogen and oxygen atoms in total. The lowest BCUT2D eigenvalue weighted by molar-refractivity contribution is -0.138. The molecule has 1 aliphatic carbocycles. The molecule has 0 radical (unpaired) electrons. The Kier molecular flexibility index (Phi) is 6.36. The predicted octanol–water partition coefficient (Wildman–Crippen LogP) is 6.66. The molecule has 5 rings (SSSR count). The van der Waals surface area contributed by atoms with E-state index in [-0.39, 0.29) is 17.8 Å². The average molecular weight is 478 g/mol. The lowest BCUT2D eigenvalue weighted by Gasteiger charge is -2.40. The Balaban J connectivity index is 1.70. The Morgan fingerprint density at radius 1 is 0.861 bits per heavy atom. The van der Waals surface area contributed by atoms with Gasteiger partial charge < -0.3 is 10.1 Å². The van der Waals surface area contributed by atoms with Crippen LogP contribution < -0.4 is 5.32 Å². The van der Waals surface area contributed by atoms with Gasteiger partial charge in [0.05, 0.1) is 17.9 Å². The van der Waals surface area contributed by atoms with Crippen LogP contribution in [0, 0.1) is 5.41 Å². The molecule has 0 saturated carbocycles. The highest BCUT2D eigenvalue weighted by Gasteiger charge is 2.44. The van der Waals surface area contributed by atoms with Crippen LogP contribution in [-0.4, -0.2) is 18.4 Å². The van der Waals surface area contributed by atoms with E-state index in [0.29, 0.717) is 17.6 Å². The third kappa shape index (κ3) is 4.51. The van der Waals surface area contributed by atoms with Crippen molar-refractivity contribution in [3.05, 3.63) is 113 Å². The number of rotatable bonds is 5. The fraction of sp³-hybridized carbons (Fsp3) is 0.250. The minimum Gasteiger partial charge on any atom is -0.463 e. The van der Waals surface area contributed by atoms with Crippen LogP contribution >= 0.6 is 0 Å². The number of carbonyl (C=O) groups is 2. The zero-order valence-electron chi connectivity index (χ0n) is 21.0. The predicted molar refractivity (Wildman–Crippen MR) is 143 cm³/mol. The molecule has 1 unspecified atom stereocenters. The number of carbonyl (C=O) groups excluding carboxylic acids is 2. The molecule has 0 spiro atoms. The van der Waals surface area contributed by atoms with Gasteiger partial charge in [0, 0.05) is 23.6 Å². The van der Waals surface area contributed by atoms with Crippen molar-refractivity contribution in [2.75, 3.05) is 6.61 Å². The Morgan fingerprint density at radius 2 is 1.44 bits per heavy atom. The summed E-state index contributed by atoms with van der Waals surface area (Å²) in [5.41, 5.74) is 6.65. The Labute approximate surface area is 212 Å². The molecule has 0 aromatic heterocycles. The van der Waals surface area contributed by atoms with Gasteiger partial charge in [-0.3, -0.25) is 4.79 Å². The topological polar surface area (TPSA) is 55.4 Å². The summed E-state index contributed by atoms with van der Waals surface area (Å²) in [4.78, 5) is 27.1. The van der Waals surface area contributed by atoms with Crippen LogP contribution in [0.5, 0.6) is 0 Å². The summed E-state index contributed by atoms with van der Waals surface area (Å²) in [6.45, 7) is 6.30. The van der Waals surface area contributed by atoms with E-state index in [1.807, 2.05) is 60.7 Å². The average Bonchev–Trinajstić information content (AvgIpc) is 2.88. The summed E-state index contributed by atoms with van der Waals surface area (Å²) < 4.78 is 5.56. The minimum atomic E-state index is -0.496. The molecule has 0 bridgehead atoms. The quantitative estimate of drug-likeness (QED) is 0.418. The van der Waals surface area contributed by atoms with Gasteiger partial charge in [-0.1, -0.05) is 98.8 Å². The molecule has 1 atom stereocenters. The van der Waals surface area contributed by atoms with E-state index in [1.165, 1.54) is 0 Å². The third-order valence-electron chi connectivity index (χ3n) is 6.95. The molecule has 1 N–H and O–H groups in total. The third-order valence-corrected chi connectivity index (χ3v) is 6.95. The SMILES string of the molecule is CCOC(=O)C1=C(c2ccccc2)NC2=C(C(=O)CC(C)(C)C2)C1c1ccc(-c2ccccc2)cc1. The first-order valence-corrected chi connectivity index (χ1v) is 12.5. The van der Waals surface area contributed by atoms with Gasteiger partial charge in [-0.2, -0.15) is 0 Å². The number of ketones is 1. The Morgan fingerprint density at radius 3 is 2.06 bits per heavy atom. The van der Waals surface area contributed by atoms with E-state index >= 15 is 0 Å². The van der Waals surface area contributed by atoms with Gasteiger partial charge in [-0.05, 0) is 41.0 Å². The van der Waals surface area contributed by atoms with Gasteiger partial charge in [0.1, 0.15) is 0 Å². The fourth-order valence-electron chi connectivity index (χ4n) is 5.38. The number of nitrogens with one attached hydrogen (secondary N) is 1. The first-order valence-electron chi connectivity index (χ1n) is 12.5. The van der Waals surface area contributed by atoms with Gasteiger partial charge in [0.15, 0.2) is 5.78 Å². The van der Waals surface area contributed by atoms with Crippen LogP contribution in [0.1, 0.15) is 50.7 Å². The first-order chi connectivity index (χ1) is 17.4. The number of hydrogen-bond donors (Lipinski definition) is 1. The van der Waals surface area contributed by atoms with Gasteiger partial charge in [-0.15, -0.1) is 0 Å². The van der Waals surface area contributed by atoms with Crippen molar-refractivity contribution in [1.29, 1.82) is 0 Å². The van der Waals surface area contributed by atoms with Crippen LogP contribution in [0.2, 0.25) is 0 Å². The smallest absolute Gasteiger partial charge is 0.337 e. The summed E-state index contributed by atoms with van der Waals surface area (Å²) in [5, 5.41) is 3.52. The zero-order valence-corrected chi connectivity index (χ0v) is 21.0. The van der Waals surface area contributed by atoms with Crippen LogP contribution in [-0.2, 0) is 14.3 Å². The van der Waals surface area contributed by atoms with Crippen molar-refractivity contribution >= 4 is 17.4 Å². The largest absolute Gasteiger partial charge is 0.463 e. The van der Waals surface area contributed by atoms with E-state index < -0.39 is 11.9 Å². The summed E-state index contributed by atoms with van der Waals surface area (Å²) in [6.07, 6.45) is 1.18. The molecule has 0 saturated heterocycles. The van der Waals surface area contributed by atoms with E-state index in [9.17, 15) is 9.59 Å². The first kappa shape index (κ1) is 23.8. The molecule has 0 amide bonds. The van der Waals surface area contributed by atoms with E-state index in [2.05, 4.69) is 43.4 Å². The monoisotopic (exact) mass is 477 g/mol. The summed E-state index contributed by atoms with van der Waals surface area (Å²) in [5.74, 6) is -0.811. The maximum atomic E-state index is 13.6. The van der Waals surface area contributed by atoms with Crippen molar-refractivity contribution in [3.63, 3.8) is 0 Å². The molecule has 0 fully saturated rings. The number of Topliss-reactive ketones (excluding diaryl/α,β-unsaturated/α-hetero) is 1. The van der Waals surface area contributed by atoms with Gasteiger partial charge in [0.2, 0.25) is 0 Å². The Hall–Kier alpha value is -3.92. The second-order valence-electron chi connectivity index (χ2n) is 10.3. The standard InChI is InChI=1S/C32H31NO3/c1-4-36-31(35)29-27(23-17-15-22(16-18-23)21-11-7-5-8-12-21)28-25(19-32(2,3)20-26(28)34)33-30(29)24-13-9-6-10-14-24/h5-18,27,33H,4,19-20H2,1-3H3. The minimum absolute atomic E-state index is 0.0831. The molecule has 1 aliphatic heterocycles. The van der Waals surface area contributed by atoms with E-state index in [0.717, 1.165) is 40.1 Å². The van der Waals surface area contributed by atoms with E-state index in [4.69, 9.17) is 4.74 Å². The second kappa shape index (κ2) is 9.62. The van der Waals surface area contributed by atoms with Gasteiger partial charge in [0.25, 0.3) is 0 Å². The molecule has 182 valence electrons. The summed E-state index contributed by atoms with van der Waals surface area (Å²) in [7, 11) is 0. The number of dihydropyridines is 1. The lowest BCUT2D eigenvalue weighted by atomic mass is 9.68. The normalized spacial score (nSPS) is 19.0. The molecule has 1 heterocycles. The van der Waals surface area contributed by atoms with Crippen LogP contribution in [0.25, 0.3) is 16.8 Å². The maximum absolute atomic E-state index is 13.6. The second-order valence-corrected chi connectivity index (χ2v) is 10.3. The number of benzene rings is 3. The summed E-state index contributed by atoms with van der Waals surface area (Å²) >= 11 is 0. The molecule has 3 aromatic carbocycles. The van der Waals surface area contributed by atoms with Crippen molar-refractivity contribution in [1.82, 2.24) is 5.32 Å². The number of ether oxygens (including phenoxy) is 1. The Bertz CT molecular complexity index is 1350. The van der Waals surface area contributed by atoms with Gasteiger partial charge >= 0.3 is 5.97 Å². The number of esters is 1. The number of hydrogen-bond acceptors (Lipinski definition) is 4. The van der Waals surface area contributed by atoms with Crippen molar-refractivity contribution < 1.29 is 14.3 Å². The van der Waals surface area contributed by atoms with Crippen molar-refractivity contribution in [2.45, 2.75) is 39.5 Å². The lowest BCUT2D eigenvalue weighted by Crippen LogP contribution is -2.38. The van der Waals surface area contributed by atoms with Gasteiger partial charge in [-0.25, -0.2) is 4.79 Å².